The van der Waals surface area contributed by atoms with Gasteiger partial charge in [0.1, 0.15) is 0 Å². The monoisotopic (exact) mass is 269 g/mol. The van der Waals surface area contributed by atoms with E-state index in [0.717, 1.165) is 12.0 Å². The molecule has 0 spiro atoms. The molecule has 106 valence electrons. The fourth-order valence-electron chi connectivity index (χ4n) is 4.49. The van der Waals surface area contributed by atoms with Gasteiger partial charge in [0, 0.05) is 12.1 Å². The van der Waals surface area contributed by atoms with Crippen molar-refractivity contribution in [3.8, 4) is 0 Å². The summed E-state index contributed by atoms with van der Waals surface area (Å²) in [4.78, 5) is 0. The second-order valence-corrected chi connectivity index (χ2v) is 8.80. The summed E-state index contributed by atoms with van der Waals surface area (Å²) in [6.45, 7) is 12.1. The maximum atomic E-state index is 3.99. The van der Waals surface area contributed by atoms with Crippen LogP contribution in [0.15, 0.2) is 0 Å². The van der Waals surface area contributed by atoms with Crippen LogP contribution in [-0.4, -0.2) is 23.6 Å². The van der Waals surface area contributed by atoms with E-state index in [1.165, 1.54) is 37.2 Å². The van der Waals surface area contributed by atoms with Crippen molar-refractivity contribution >= 4 is 11.8 Å². The van der Waals surface area contributed by atoms with Crippen LogP contribution in [-0.2, 0) is 0 Å². The van der Waals surface area contributed by atoms with E-state index < -0.39 is 0 Å². The largest absolute Gasteiger partial charge is 0.310 e. The maximum Gasteiger partial charge on any atom is 0.0177 e. The van der Waals surface area contributed by atoms with Crippen molar-refractivity contribution < 1.29 is 0 Å². The predicted molar refractivity (Wildman–Crippen MR) is 83.2 cm³/mol. The molecule has 0 heterocycles. The second-order valence-electron chi connectivity index (χ2n) is 7.40. The van der Waals surface area contributed by atoms with Crippen LogP contribution in [0, 0.1) is 16.7 Å². The molecule has 2 bridgehead atoms. The van der Waals surface area contributed by atoms with Crippen molar-refractivity contribution in [1.82, 2.24) is 5.32 Å². The summed E-state index contributed by atoms with van der Waals surface area (Å²) in [6, 6.07) is 1.40. The molecule has 0 aromatic carbocycles. The third kappa shape index (κ3) is 2.60. The van der Waals surface area contributed by atoms with Gasteiger partial charge >= 0.3 is 0 Å². The zero-order chi connectivity index (χ0) is 13.4. The first-order valence-corrected chi connectivity index (χ1v) is 8.89. The van der Waals surface area contributed by atoms with Crippen LogP contribution in [0.4, 0.5) is 0 Å². The maximum absolute atomic E-state index is 3.99. The van der Waals surface area contributed by atoms with E-state index in [2.05, 4.69) is 51.7 Å². The smallest absolute Gasteiger partial charge is 0.0177 e. The van der Waals surface area contributed by atoms with E-state index in [4.69, 9.17) is 0 Å². The molecule has 1 nitrogen and oxygen atoms in total. The van der Waals surface area contributed by atoms with Crippen LogP contribution < -0.4 is 5.32 Å². The summed E-state index contributed by atoms with van der Waals surface area (Å²) in [5, 5.41) is 3.99. The molecule has 1 N–H and O–H groups in total. The summed E-state index contributed by atoms with van der Waals surface area (Å²) in [6.07, 6.45) is 5.66. The highest BCUT2D eigenvalue weighted by Crippen LogP contribution is 2.62. The molecular weight excluding hydrogens is 238 g/mol. The number of fused-ring (bicyclic) bond motifs is 2. The van der Waals surface area contributed by atoms with Gasteiger partial charge in [-0.05, 0) is 60.9 Å². The Kier molecular flexibility index (Phi) is 4.38. The third-order valence-corrected chi connectivity index (χ3v) is 6.55. The summed E-state index contributed by atoms with van der Waals surface area (Å²) < 4.78 is 0. The van der Waals surface area contributed by atoms with Gasteiger partial charge < -0.3 is 5.32 Å². The van der Waals surface area contributed by atoms with Crippen molar-refractivity contribution in [3.05, 3.63) is 0 Å². The summed E-state index contributed by atoms with van der Waals surface area (Å²) in [7, 11) is 0. The van der Waals surface area contributed by atoms with Crippen LogP contribution in [0.3, 0.4) is 0 Å². The molecular formula is C16H31NS. The molecule has 2 aliphatic carbocycles. The molecule has 2 heteroatoms. The lowest BCUT2D eigenvalue weighted by Gasteiger charge is -2.44. The van der Waals surface area contributed by atoms with Crippen LogP contribution in [0.2, 0.25) is 0 Å². The molecule has 2 rings (SSSR count). The van der Waals surface area contributed by atoms with Crippen molar-refractivity contribution in [2.24, 2.45) is 16.7 Å². The molecule has 2 fully saturated rings. The first kappa shape index (κ1) is 14.7. The minimum Gasteiger partial charge on any atom is -0.310 e. The van der Waals surface area contributed by atoms with E-state index in [9.17, 15) is 0 Å². The standard InChI is InChI=1S/C16H31NS/c1-6-18-10-8-12(2)17-14-15(3,4)13-7-9-16(14,5)11-13/h12-14,17H,6-11H2,1-5H3. The topological polar surface area (TPSA) is 12.0 Å². The van der Waals surface area contributed by atoms with E-state index in [1.807, 2.05) is 0 Å². The first-order chi connectivity index (χ1) is 8.40. The molecule has 18 heavy (non-hydrogen) atoms. The molecule has 2 aliphatic rings. The van der Waals surface area contributed by atoms with Gasteiger partial charge in [0.2, 0.25) is 0 Å². The average Bonchev–Trinajstić information content (AvgIpc) is 2.76. The predicted octanol–water partition coefficient (Wildman–Crippen LogP) is 4.32. The first-order valence-electron chi connectivity index (χ1n) is 7.74. The Morgan fingerprint density at radius 2 is 2.06 bits per heavy atom. The highest BCUT2D eigenvalue weighted by Gasteiger charge is 2.59. The normalized spacial score (nSPS) is 39.2. The number of nitrogens with one attached hydrogen (secondary N) is 1. The Labute approximate surface area is 118 Å². The fourth-order valence-corrected chi connectivity index (χ4v) is 5.30. The number of rotatable bonds is 6. The third-order valence-electron chi connectivity index (χ3n) is 5.62. The van der Waals surface area contributed by atoms with E-state index in [0.29, 0.717) is 16.9 Å². The van der Waals surface area contributed by atoms with Gasteiger partial charge in [0.15, 0.2) is 0 Å². The Hall–Kier alpha value is 0.310. The minimum absolute atomic E-state index is 0.499. The van der Waals surface area contributed by atoms with E-state index in [1.54, 1.807) is 0 Å². The Balaban J connectivity index is 1.92. The quantitative estimate of drug-likeness (QED) is 0.721. The van der Waals surface area contributed by atoms with Gasteiger partial charge in [0.25, 0.3) is 0 Å². The zero-order valence-corrected chi connectivity index (χ0v) is 13.7. The fraction of sp³-hybridized carbons (Fsp3) is 1.00. The van der Waals surface area contributed by atoms with Gasteiger partial charge in [-0.2, -0.15) is 11.8 Å². The van der Waals surface area contributed by atoms with Crippen molar-refractivity contribution in [1.29, 1.82) is 0 Å². The molecule has 4 unspecified atom stereocenters. The molecule has 0 aromatic heterocycles. The lowest BCUT2D eigenvalue weighted by molar-refractivity contribution is 0.0999. The highest BCUT2D eigenvalue weighted by atomic mass is 32.2. The number of hydrogen-bond acceptors (Lipinski definition) is 2. The van der Waals surface area contributed by atoms with Crippen molar-refractivity contribution in [2.75, 3.05) is 11.5 Å². The summed E-state index contributed by atoms with van der Waals surface area (Å²) in [5.74, 6) is 3.51. The Morgan fingerprint density at radius 1 is 1.33 bits per heavy atom. The van der Waals surface area contributed by atoms with Crippen LogP contribution >= 0.6 is 11.8 Å². The van der Waals surface area contributed by atoms with Crippen LogP contribution in [0.25, 0.3) is 0 Å². The van der Waals surface area contributed by atoms with Crippen LogP contribution in [0.5, 0.6) is 0 Å². The molecule has 0 radical (unpaired) electrons. The second kappa shape index (κ2) is 5.36. The SMILES string of the molecule is CCSCCC(C)NC1C2(C)CCC(C2)C1(C)C. The molecule has 0 aliphatic heterocycles. The average molecular weight is 269 g/mol. The lowest BCUT2D eigenvalue weighted by atomic mass is 9.68. The summed E-state index contributed by atoms with van der Waals surface area (Å²) in [5.41, 5.74) is 1.07. The van der Waals surface area contributed by atoms with Crippen LogP contribution in [0.1, 0.15) is 60.3 Å². The van der Waals surface area contributed by atoms with Crippen molar-refractivity contribution in [3.63, 3.8) is 0 Å². The zero-order valence-electron chi connectivity index (χ0n) is 12.9. The molecule has 4 atom stereocenters. The highest BCUT2D eigenvalue weighted by molar-refractivity contribution is 7.99. The number of hydrogen-bond donors (Lipinski definition) is 1. The van der Waals surface area contributed by atoms with Crippen molar-refractivity contribution in [2.45, 2.75) is 72.4 Å². The molecule has 0 aromatic rings. The molecule has 2 saturated carbocycles. The van der Waals surface area contributed by atoms with Gasteiger partial charge in [0.05, 0.1) is 0 Å². The summed E-state index contributed by atoms with van der Waals surface area (Å²) >= 11 is 2.07. The Bertz CT molecular complexity index is 284. The minimum atomic E-state index is 0.499. The van der Waals surface area contributed by atoms with E-state index in [-0.39, 0.29) is 0 Å². The lowest BCUT2D eigenvalue weighted by Crippen LogP contribution is -2.53. The molecule has 0 saturated heterocycles. The van der Waals surface area contributed by atoms with E-state index >= 15 is 0 Å². The Morgan fingerprint density at radius 3 is 2.61 bits per heavy atom. The van der Waals surface area contributed by atoms with Gasteiger partial charge in [-0.15, -0.1) is 0 Å². The van der Waals surface area contributed by atoms with Gasteiger partial charge in [-0.1, -0.05) is 27.7 Å². The van der Waals surface area contributed by atoms with Gasteiger partial charge in [-0.3, -0.25) is 0 Å². The molecule has 0 amide bonds. The van der Waals surface area contributed by atoms with Gasteiger partial charge in [-0.25, -0.2) is 0 Å². The number of thioether (sulfide) groups is 1.